The van der Waals surface area contributed by atoms with Crippen LogP contribution in [0.25, 0.3) is 0 Å². The van der Waals surface area contributed by atoms with Crippen molar-refractivity contribution in [1.29, 1.82) is 0 Å². The van der Waals surface area contributed by atoms with Crippen molar-refractivity contribution in [2.24, 2.45) is 11.0 Å². The number of methoxy groups -OCH3 is 1. The van der Waals surface area contributed by atoms with Crippen LogP contribution in [0.2, 0.25) is 0 Å². The minimum absolute atomic E-state index is 0.0810. The Bertz CT molecular complexity index is 482. The summed E-state index contributed by atoms with van der Waals surface area (Å²) in [5, 5.41) is 4.01. The molecule has 114 valence electrons. The van der Waals surface area contributed by atoms with E-state index in [1.807, 2.05) is 18.3 Å². The van der Waals surface area contributed by atoms with E-state index in [0.29, 0.717) is 17.4 Å². The van der Waals surface area contributed by atoms with E-state index < -0.39 is 0 Å². The number of hydrogen-bond donors (Lipinski definition) is 1. The highest BCUT2D eigenvalue weighted by Crippen LogP contribution is 2.25. The van der Waals surface area contributed by atoms with Crippen molar-refractivity contribution < 1.29 is 14.3 Å². The number of carbonyl (C=O) groups excluding carboxylic acids is 1. The van der Waals surface area contributed by atoms with E-state index in [-0.39, 0.29) is 12.5 Å². The van der Waals surface area contributed by atoms with Gasteiger partial charge in [0.05, 0.1) is 7.11 Å². The van der Waals surface area contributed by atoms with Crippen LogP contribution in [0.3, 0.4) is 0 Å². The Balaban J connectivity index is 1.73. The molecule has 1 amide bonds. The molecular weight excluding hydrogens is 268 g/mol. The molecule has 0 radical (unpaired) electrons. The Morgan fingerprint density at radius 3 is 2.71 bits per heavy atom. The predicted octanol–water partition coefficient (Wildman–Crippen LogP) is 2.76. The number of para-hydroxylation sites is 2. The first kappa shape index (κ1) is 15.4. The lowest BCUT2D eigenvalue weighted by atomic mass is 9.90. The first-order valence-electron chi connectivity index (χ1n) is 7.37. The van der Waals surface area contributed by atoms with Gasteiger partial charge in [-0.2, -0.15) is 5.10 Å². The molecule has 1 aromatic rings. The van der Waals surface area contributed by atoms with Crippen molar-refractivity contribution >= 4 is 12.1 Å². The van der Waals surface area contributed by atoms with E-state index in [1.54, 1.807) is 19.2 Å². The number of hydrazone groups is 1. The molecule has 0 bridgehead atoms. The molecule has 5 nitrogen and oxygen atoms in total. The summed E-state index contributed by atoms with van der Waals surface area (Å²) >= 11 is 0. The number of amides is 1. The lowest BCUT2D eigenvalue weighted by Gasteiger charge is -2.16. The van der Waals surface area contributed by atoms with Gasteiger partial charge in [0.25, 0.3) is 5.91 Å². The molecule has 1 fully saturated rings. The zero-order valence-corrected chi connectivity index (χ0v) is 12.4. The summed E-state index contributed by atoms with van der Waals surface area (Å²) in [5.41, 5.74) is 2.50. The molecule has 1 aromatic carbocycles. The molecule has 1 saturated carbocycles. The number of carbonyl (C=O) groups is 1. The van der Waals surface area contributed by atoms with Gasteiger partial charge in [-0.1, -0.05) is 31.4 Å². The third-order valence-corrected chi connectivity index (χ3v) is 3.55. The Morgan fingerprint density at radius 1 is 1.29 bits per heavy atom. The fraction of sp³-hybridized carbons (Fsp3) is 0.500. The summed E-state index contributed by atoms with van der Waals surface area (Å²) < 4.78 is 10.6. The second kappa shape index (κ2) is 8.29. The van der Waals surface area contributed by atoms with Crippen LogP contribution in [0.5, 0.6) is 11.5 Å². The van der Waals surface area contributed by atoms with Gasteiger partial charge in [-0.25, -0.2) is 5.43 Å². The molecule has 0 aromatic heterocycles. The average Bonchev–Trinajstić information content (AvgIpc) is 2.54. The molecule has 0 atom stereocenters. The van der Waals surface area contributed by atoms with Gasteiger partial charge in [-0.15, -0.1) is 0 Å². The predicted molar refractivity (Wildman–Crippen MR) is 81.7 cm³/mol. The maximum Gasteiger partial charge on any atom is 0.277 e. The monoisotopic (exact) mass is 290 g/mol. The van der Waals surface area contributed by atoms with Crippen LogP contribution in [-0.2, 0) is 4.79 Å². The standard InChI is InChI=1S/C16H22N2O3/c1-20-14-9-5-6-10-15(14)21-12-16(19)18-17-11-13-7-3-2-4-8-13/h5-6,9-11,13H,2-4,7-8,12H2,1H3,(H,18,19)/b17-11+. The van der Waals surface area contributed by atoms with Gasteiger partial charge in [-0.3, -0.25) is 4.79 Å². The van der Waals surface area contributed by atoms with Gasteiger partial charge >= 0.3 is 0 Å². The summed E-state index contributed by atoms with van der Waals surface area (Å²) in [6.07, 6.45) is 7.99. The van der Waals surface area contributed by atoms with Gasteiger partial charge in [0, 0.05) is 6.21 Å². The molecule has 0 saturated heterocycles. The van der Waals surface area contributed by atoms with Crippen LogP contribution in [0.15, 0.2) is 29.4 Å². The maximum absolute atomic E-state index is 11.7. The minimum atomic E-state index is -0.270. The molecular formula is C16H22N2O3. The first-order chi connectivity index (χ1) is 10.3. The summed E-state index contributed by atoms with van der Waals surface area (Å²) in [5.74, 6) is 1.38. The quantitative estimate of drug-likeness (QED) is 0.647. The van der Waals surface area contributed by atoms with Crippen molar-refractivity contribution in [2.45, 2.75) is 32.1 Å². The van der Waals surface area contributed by atoms with Crippen molar-refractivity contribution in [1.82, 2.24) is 5.43 Å². The normalized spacial score (nSPS) is 15.9. The van der Waals surface area contributed by atoms with Crippen molar-refractivity contribution in [2.75, 3.05) is 13.7 Å². The van der Waals surface area contributed by atoms with Crippen LogP contribution in [0.1, 0.15) is 32.1 Å². The van der Waals surface area contributed by atoms with Crippen molar-refractivity contribution in [3.63, 3.8) is 0 Å². The second-order valence-corrected chi connectivity index (χ2v) is 5.15. The second-order valence-electron chi connectivity index (χ2n) is 5.15. The zero-order chi connectivity index (χ0) is 14.9. The Morgan fingerprint density at radius 2 is 2.00 bits per heavy atom. The van der Waals surface area contributed by atoms with E-state index >= 15 is 0 Å². The highest BCUT2D eigenvalue weighted by atomic mass is 16.5. The Kier molecular flexibility index (Phi) is 6.06. The van der Waals surface area contributed by atoms with Crippen LogP contribution < -0.4 is 14.9 Å². The minimum Gasteiger partial charge on any atom is -0.493 e. The average molecular weight is 290 g/mol. The summed E-state index contributed by atoms with van der Waals surface area (Å²) in [7, 11) is 1.57. The summed E-state index contributed by atoms with van der Waals surface area (Å²) in [6.45, 7) is -0.0810. The van der Waals surface area contributed by atoms with E-state index in [2.05, 4.69) is 10.5 Å². The molecule has 2 rings (SSSR count). The fourth-order valence-electron chi connectivity index (χ4n) is 2.41. The molecule has 1 aliphatic rings. The molecule has 0 unspecified atom stereocenters. The number of nitrogens with one attached hydrogen (secondary N) is 1. The van der Waals surface area contributed by atoms with E-state index in [4.69, 9.17) is 9.47 Å². The Labute approximate surface area is 125 Å². The van der Waals surface area contributed by atoms with Gasteiger partial charge in [0.2, 0.25) is 0 Å². The van der Waals surface area contributed by atoms with Gasteiger partial charge in [-0.05, 0) is 30.9 Å². The third kappa shape index (κ3) is 5.10. The number of ether oxygens (including phenoxy) is 2. The molecule has 1 N–H and O–H groups in total. The van der Waals surface area contributed by atoms with E-state index in [9.17, 15) is 4.79 Å². The van der Waals surface area contributed by atoms with Crippen LogP contribution in [-0.4, -0.2) is 25.8 Å². The number of rotatable bonds is 6. The van der Waals surface area contributed by atoms with Crippen molar-refractivity contribution in [3.8, 4) is 11.5 Å². The summed E-state index contributed by atoms with van der Waals surface area (Å²) in [6, 6.07) is 7.23. The molecule has 5 heteroatoms. The summed E-state index contributed by atoms with van der Waals surface area (Å²) in [4.78, 5) is 11.7. The molecule has 21 heavy (non-hydrogen) atoms. The van der Waals surface area contributed by atoms with E-state index in [1.165, 1.54) is 19.3 Å². The fourth-order valence-corrected chi connectivity index (χ4v) is 2.41. The van der Waals surface area contributed by atoms with Crippen molar-refractivity contribution in [3.05, 3.63) is 24.3 Å². The van der Waals surface area contributed by atoms with E-state index in [0.717, 1.165) is 12.8 Å². The van der Waals surface area contributed by atoms with Crippen LogP contribution >= 0.6 is 0 Å². The molecule has 0 heterocycles. The maximum atomic E-state index is 11.7. The van der Waals surface area contributed by atoms with Gasteiger partial charge in [0.1, 0.15) is 0 Å². The topological polar surface area (TPSA) is 59.9 Å². The molecule has 0 aliphatic heterocycles. The lowest BCUT2D eigenvalue weighted by Crippen LogP contribution is -2.25. The highest BCUT2D eigenvalue weighted by molar-refractivity contribution is 5.78. The molecule has 1 aliphatic carbocycles. The number of nitrogens with zero attached hydrogens (tertiary/aromatic N) is 1. The Hall–Kier alpha value is -2.04. The first-order valence-corrected chi connectivity index (χ1v) is 7.37. The largest absolute Gasteiger partial charge is 0.493 e. The SMILES string of the molecule is COc1ccccc1OCC(=O)N/N=C/C1CCCCC1. The number of hydrogen-bond acceptors (Lipinski definition) is 4. The van der Waals surface area contributed by atoms with Gasteiger partial charge < -0.3 is 9.47 Å². The van der Waals surface area contributed by atoms with Crippen LogP contribution in [0.4, 0.5) is 0 Å². The zero-order valence-electron chi connectivity index (χ0n) is 12.4. The van der Waals surface area contributed by atoms with Crippen LogP contribution in [0, 0.1) is 5.92 Å². The number of benzene rings is 1. The smallest absolute Gasteiger partial charge is 0.277 e. The third-order valence-electron chi connectivity index (χ3n) is 3.55. The van der Waals surface area contributed by atoms with Gasteiger partial charge in [0.15, 0.2) is 18.1 Å². The highest BCUT2D eigenvalue weighted by Gasteiger charge is 2.11. The molecule has 0 spiro atoms. The lowest BCUT2D eigenvalue weighted by molar-refractivity contribution is -0.123.